The zero-order chi connectivity index (χ0) is 13.7. The van der Waals surface area contributed by atoms with E-state index in [1.165, 1.54) is 0 Å². The number of aliphatic hydroxyl groups excluding tert-OH is 1. The minimum Gasteiger partial charge on any atom is -0.388 e. The first-order chi connectivity index (χ1) is 9.16. The van der Waals surface area contributed by atoms with Crippen molar-refractivity contribution in [1.82, 2.24) is 5.32 Å². The second-order valence-electron chi connectivity index (χ2n) is 5.07. The highest BCUT2D eigenvalue weighted by Gasteiger charge is 2.25. The summed E-state index contributed by atoms with van der Waals surface area (Å²) in [5.41, 5.74) is 0.876. The van der Waals surface area contributed by atoms with Crippen LogP contribution < -0.4 is 5.32 Å². The Morgan fingerprint density at radius 1 is 1.47 bits per heavy atom. The SMILES string of the molecule is CC(CC(O)c1ccccc1)NC(=O)C1CCCO1. The molecular formula is C15H21NO3. The van der Waals surface area contributed by atoms with E-state index in [1.54, 1.807) is 0 Å². The molecule has 2 N–H and O–H groups in total. The fourth-order valence-electron chi connectivity index (χ4n) is 2.33. The van der Waals surface area contributed by atoms with Crippen LogP contribution in [0.15, 0.2) is 30.3 Å². The standard InChI is InChI=1S/C15H21NO3/c1-11(16-15(18)14-8-5-9-19-14)10-13(17)12-6-3-2-4-7-12/h2-4,6-7,11,13-14,17H,5,8-10H2,1H3,(H,16,18). The number of carbonyl (C=O) groups is 1. The van der Waals surface area contributed by atoms with Gasteiger partial charge in [-0.25, -0.2) is 0 Å². The number of amides is 1. The van der Waals surface area contributed by atoms with Crippen LogP contribution in [0.25, 0.3) is 0 Å². The molecule has 1 aliphatic rings. The third-order valence-corrected chi connectivity index (χ3v) is 3.37. The van der Waals surface area contributed by atoms with Crippen LogP contribution in [0, 0.1) is 0 Å². The Hall–Kier alpha value is -1.39. The van der Waals surface area contributed by atoms with Crippen molar-refractivity contribution in [1.29, 1.82) is 0 Å². The lowest BCUT2D eigenvalue weighted by Crippen LogP contribution is -2.40. The summed E-state index contributed by atoms with van der Waals surface area (Å²) in [6.07, 6.45) is 1.37. The maximum atomic E-state index is 11.9. The van der Waals surface area contributed by atoms with E-state index < -0.39 is 6.10 Å². The molecule has 0 saturated carbocycles. The monoisotopic (exact) mass is 263 g/mol. The number of rotatable bonds is 5. The van der Waals surface area contributed by atoms with E-state index in [0.29, 0.717) is 13.0 Å². The summed E-state index contributed by atoms with van der Waals surface area (Å²) in [6, 6.07) is 9.41. The van der Waals surface area contributed by atoms with Gasteiger partial charge in [-0.1, -0.05) is 30.3 Å². The van der Waals surface area contributed by atoms with Gasteiger partial charge in [0, 0.05) is 12.6 Å². The summed E-state index contributed by atoms with van der Waals surface area (Å²) in [7, 11) is 0. The number of benzene rings is 1. The molecule has 1 aromatic carbocycles. The third-order valence-electron chi connectivity index (χ3n) is 3.37. The molecule has 3 unspecified atom stereocenters. The van der Waals surface area contributed by atoms with E-state index in [2.05, 4.69) is 5.32 Å². The van der Waals surface area contributed by atoms with Crippen molar-refractivity contribution in [2.24, 2.45) is 0 Å². The molecule has 19 heavy (non-hydrogen) atoms. The van der Waals surface area contributed by atoms with Crippen molar-refractivity contribution in [2.75, 3.05) is 6.61 Å². The van der Waals surface area contributed by atoms with Gasteiger partial charge >= 0.3 is 0 Å². The summed E-state index contributed by atoms with van der Waals surface area (Å²) in [6.45, 7) is 2.57. The average molecular weight is 263 g/mol. The van der Waals surface area contributed by atoms with E-state index in [1.807, 2.05) is 37.3 Å². The van der Waals surface area contributed by atoms with E-state index in [9.17, 15) is 9.90 Å². The van der Waals surface area contributed by atoms with Gasteiger partial charge in [0.2, 0.25) is 5.91 Å². The Labute approximate surface area is 113 Å². The quantitative estimate of drug-likeness (QED) is 0.851. The number of hydrogen-bond acceptors (Lipinski definition) is 3. The maximum absolute atomic E-state index is 11.9. The van der Waals surface area contributed by atoms with Crippen molar-refractivity contribution in [2.45, 2.75) is 44.4 Å². The van der Waals surface area contributed by atoms with Crippen LogP contribution in [0.1, 0.15) is 37.9 Å². The van der Waals surface area contributed by atoms with Crippen LogP contribution in [0.3, 0.4) is 0 Å². The molecule has 1 aromatic rings. The Bertz CT molecular complexity index is 401. The molecule has 1 saturated heterocycles. The fourth-order valence-corrected chi connectivity index (χ4v) is 2.33. The molecule has 0 radical (unpaired) electrons. The van der Waals surface area contributed by atoms with Gasteiger partial charge < -0.3 is 15.2 Å². The zero-order valence-corrected chi connectivity index (χ0v) is 11.2. The second kappa shape index (κ2) is 6.68. The van der Waals surface area contributed by atoms with Crippen LogP contribution in [-0.2, 0) is 9.53 Å². The van der Waals surface area contributed by atoms with Crippen molar-refractivity contribution in [3.05, 3.63) is 35.9 Å². The molecule has 1 aliphatic heterocycles. The Morgan fingerprint density at radius 3 is 2.84 bits per heavy atom. The van der Waals surface area contributed by atoms with E-state index >= 15 is 0 Å². The summed E-state index contributed by atoms with van der Waals surface area (Å²) in [4.78, 5) is 11.9. The maximum Gasteiger partial charge on any atom is 0.249 e. The van der Waals surface area contributed by atoms with Crippen molar-refractivity contribution in [3.8, 4) is 0 Å². The van der Waals surface area contributed by atoms with Crippen LogP contribution in [-0.4, -0.2) is 29.8 Å². The van der Waals surface area contributed by atoms with E-state index in [0.717, 1.165) is 18.4 Å². The van der Waals surface area contributed by atoms with Gasteiger partial charge in [0.15, 0.2) is 0 Å². The first kappa shape index (κ1) is 14.0. The lowest BCUT2D eigenvalue weighted by atomic mass is 10.0. The van der Waals surface area contributed by atoms with Gasteiger partial charge in [0.05, 0.1) is 6.10 Å². The molecule has 104 valence electrons. The summed E-state index contributed by atoms with van der Waals surface area (Å²) < 4.78 is 5.33. The topological polar surface area (TPSA) is 58.6 Å². The first-order valence-electron chi connectivity index (χ1n) is 6.82. The molecule has 3 atom stereocenters. The van der Waals surface area contributed by atoms with Crippen LogP contribution >= 0.6 is 0 Å². The number of nitrogens with one attached hydrogen (secondary N) is 1. The fraction of sp³-hybridized carbons (Fsp3) is 0.533. The van der Waals surface area contributed by atoms with Crippen molar-refractivity contribution < 1.29 is 14.6 Å². The number of carbonyl (C=O) groups excluding carboxylic acids is 1. The predicted octanol–water partition coefficient (Wildman–Crippen LogP) is 1.79. The summed E-state index contributed by atoms with van der Waals surface area (Å²) >= 11 is 0. The predicted molar refractivity (Wildman–Crippen MR) is 72.6 cm³/mol. The first-order valence-corrected chi connectivity index (χ1v) is 6.82. The molecule has 1 heterocycles. The number of ether oxygens (including phenoxy) is 1. The normalized spacial score (nSPS) is 21.9. The summed E-state index contributed by atoms with van der Waals surface area (Å²) in [5, 5.41) is 13.0. The molecule has 1 fully saturated rings. The molecule has 0 spiro atoms. The lowest BCUT2D eigenvalue weighted by Gasteiger charge is -2.20. The van der Waals surface area contributed by atoms with Gasteiger partial charge in [-0.05, 0) is 31.7 Å². The molecule has 2 rings (SSSR count). The Kier molecular flexibility index (Phi) is 4.93. The minimum atomic E-state index is -0.555. The largest absolute Gasteiger partial charge is 0.388 e. The van der Waals surface area contributed by atoms with Crippen molar-refractivity contribution >= 4 is 5.91 Å². The van der Waals surface area contributed by atoms with Crippen LogP contribution in [0.2, 0.25) is 0 Å². The molecule has 0 aromatic heterocycles. The van der Waals surface area contributed by atoms with Crippen molar-refractivity contribution in [3.63, 3.8) is 0 Å². The molecule has 4 nitrogen and oxygen atoms in total. The van der Waals surface area contributed by atoms with Crippen LogP contribution in [0.4, 0.5) is 0 Å². The zero-order valence-electron chi connectivity index (χ0n) is 11.2. The molecule has 0 aliphatic carbocycles. The highest BCUT2D eigenvalue weighted by atomic mass is 16.5. The number of aliphatic hydroxyl groups is 1. The van der Waals surface area contributed by atoms with Crippen LogP contribution in [0.5, 0.6) is 0 Å². The third kappa shape index (κ3) is 4.04. The lowest BCUT2D eigenvalue weighted by molar-refractivity contribution is -0.130. The molecule has 4 heteroatoms. The van der Waals surface area contributed by atoms with Gasteiger partial charge in [0.25, 0.3) is 0 Å². The highest BCUT2D eigenvalue weighted by Crippen LogP contribution is 2.18. The molecule has 0 bridgehead atoms. The molecule has 1 amide bonds. The molecular weight excluding hydrogens is 242 g/mol. The summed E-state index contributed by atoms with van der Waals surface area (Å²) in [5.74, 6) is -0.0646. The van der Waals surface area contributed by atoms with Gasteiger partial charge in [-0.15, -0.1) is 0 Å². The van der Waals surface area contributed by atoms with Gasteiger partial charge in [-0.3, -0.25) is 4.79 Å². The van der Waals surface area contributed by atoms with E-state index in [4.69, 9.17) is 4.74 Å². The smallest absolute Gasteiger partial charge is 0.249 e. The van der Waals surface area contributed by atoms with E-state index in [-0.39, 0.29) is 18.1 Å². The number of hydrogen-bond donors (Lipinski definition) is 2. The van der Waals surface area contributed by atoms with Gasteiger partial charge in [-0.2, -0.15) is 0 Å². The average Bonchev–Trinajstić information content (AvgIpc) is 2.93. The van der Waals surface area contributed by atoms with Gasteiger partial charge in [0.1, 0.15) is 6.10 Å². The highest BCUT2D eigenvalue weighted by molar-refractivity contribution is 5.81. The second-order valence-corrected chi connectivity index (χ2v) is 5.07. The minimum absolute atomic E-state index is 0.0646. The Balaban J connectivity index is 1.80. The Morgan fingerprint density at radius 2 is 2.21 bits per heavy atom.